The molecule has 1 aliphatic rings. The maximum Gasteiger partial charge on any atom is 0.220 e. The molecule has 201 valence electrons. The van der Waals surface area contributed by atoms with E-state index in [1.165, 1.54) is 21.0 Å². The van der Waals surface area contributed by atoms with E-state index in [2.05, 4.69) is 96.3 Å². The van der Waals surface area contributed by atoms with Crippen LogP contribution in [0.2, 0.25) is 0 Å². The fourth-order valence-corrected chi connectivity index (χ4v) is 10.9. The van der Waals surface area contributed by atoms with Crippen molar-refractivity contribution < 1.29 is 10.0 Å². The first-order chi connectivity index (χ1) is 18.1. The minimum absolute atomic E-state index is 0.119. The lowest BCUT2D eigenvalue weighted by Crippen LogP contribution is -2.59. The molecule has 38 heavy (non-hydrogen) atoms. The van der Waals surface area contributed by atoms with Crippen molar-refractivity contribution in [2.75, 3.05) is 12.7 Å². The van der Waals surface area contributed by atoms with E-state index < -0.39 is 18.3 Å². The molecule has 1 aliphatic heterocycles. The number of hydrogen-bond acceptors (Lipinski definition) is 2. The maximum atomic E-state index is 12.8. The van der Waals surface area contributed by atoms with Crippen molar-refractivity contribution in [1.82, 2.24) is 10.4 Å². The number of nitrogens with zero attached hydrogens (tertiary/aromatic N) is 1. The molecule has 1 N–H and O–H groups in total. The van der Waals surface area contributed by atoms with E-state index in [0.717, 1.165) is 31.8 Å². The maximum absolute atomic E-state index is 12.8. The highest BCUT2D eigenvalue weighted by Gasteiger charge is 2.46. The number of unbranched alkanes of at least 4 members (excludes halogenated alkanes) is 1. The highest BCUT2D eigenvalue weighted by atomic mass is 31.2. The first-order valence-corrected chi connectivity index (χ1v) is 15.9. The zero-order valence-electron chi connectivity index (χ0n) is 23.4. The minimum atomic E-state index is -1.85. The number of carbonyl (C=O) groups is 1. The highest BCUT2D eigenvalue weighted by Crippen LogP contribution is 2.56. The standard InChI is InChI=1S/C33H42N2O2P/c1-32(2)24-27(25-33(3,4)35(32)37)26-34-31(36)22-14-15-23-38(28-16-8-5-9-17-28,29-18-10-6-11-19-29)30-20-12-7-13-21-30/h5-13,16-21,27H,14-15,22-26H2,1-4H3/p+1. The van der Waals surface area contributed by atoms with Crippen LogP contribution in [0.4, 0.5) is 0 Å². The van der Waals surface area contributed by atoms with E-state index in [9.17, 15) is 10.0 Å². The van der Waals surface area contributed by atoms with Crippen molar-refractivity contribution in [2.45, 2.75) is 70.9 Å². The van der Waals surface area contributed by atoms with Crippen molar-refractivity contribution in [3.63, 3.8) is 0 Å². The lowest BCUT2D eigenvalue weighted by Gasteiger charge is -2.50. The van der Waals surface area contributed by atoms with E-state index in [1.54, 1.807) is 0 Å². The van der Waals surface area contributed by atoms with Crippen molar-refractivity contribution in [3.05, 3.63) is 91.0 Å². The Morgan fingerprint density at radius 3 is 1.61 bits per heavy atom. The summed E-state index contributed by atoms with van der Waals surface area (Å²) in [7, 11) is -1.85. The van der Waals surface area contributed by atoms with Crippen LogP contribution in [0.3, 0.4) is 0 Å². The molecule has 3 aromatic rings. The summed E-state index contributed by atoms with van der Waals surface area (Å²) in [6.07, 6.45) is 5.01. The predicted molar refractivity (Wildman–Crippen MR) is 160 cm³/mol. The number of hydroxylamine groups is 2. The zero-order chi connectivity index (χ0) is 27.2. The molecule has 0 spiro atoms. The molecule has 0 aliphatic carbocycles. The topological polar surface area (TPSA) is 52.2 Å². The van der Waals surface area contributed by atoms with E-state index in [0.29, 0.717) is 18.9 Å². The number of amides is 1. The van der Waals surface area contributed by atoms with Gasteiger partial charge in [0.15, 0.2) is 0 Å². The molecular formula is C33H43N2O2P+. The van der Waals surface area contributed by atoms with Gasteiger partial charge in [-0.2, -0.15) is 0 Å². The zero-order valence-corrected chi connectivity index (χ0v) is 24.3. The van der Waals surface area contributed by atoms with Gasteiger partial charge in [0.2, 0.25) is 5.91 Å². The van der Waals surface area contributed by atoms with Crippen LogP contribution in [0, 0.1) is 5.92 Å². The van der Waals surface area contributed by atoms with Gasteiger partial charge in [0.05, 0.1) is 6.16 Å². The Morgan fingerprint density at radius 2 is 1.18 bits per heavy atom. The number of rotatable bonds is 10. The van der Waals surface area contributed by atoms with Gasteiger partial charge in [-0.1, -0.05) is 54.6 Å². The molecule has 4 rings (SSSR count). The van der Waals surface area contributed by atoms with Crippen LogP contribution in [0.15, 0.2) is 91.0 Å². The van der Waals surface area contributed by atoms with Crippen molar-refractivity contribution in [2.24, 2.45) is 5.92 Å². The second-order valence-electron chi connectivity index (χ2n) is 12.0. The molecule has 1 saturated heterocycles. The summed E-state index contributed by atoms with van der Waals surface area (Å²) in [4.78, 5) is 12.8. The van der Waals surface area contributed by atoms with Gasteiger partial charge in [0.25, 0.3) is 0 Å². The van der Waals surface area contributed by atoms with Gasteiger partial charge < -0.3 is 5.32 Å². The number of benzene rings is 3. The normalized spacial score (nSPS) is 17.7. The SMILES string of the molecule is CC1(C)CC(CNC(=O)CCCC[P+](c2ccccc2)(c2ccccc2)c2ccccc2)CC(C)(C)N1[O]. The Labute approximate surface area is 229 Å². The van der Waals surface area contributed by atoms with Gasteiger partial charge in [0, 0.05) is 24.0 Å². The molecule has 1 heterocycles. The quantitative estimate of drug-likeness (QED) is 0.263. The molecule has 0 bridgehead atoms. The van der Waals surface area contributed by atoms with E-state index in [4.69, 9.17) is 0 Å². The Morgan fingerprint density at radius 1 is 0.763 bits per heavy atom. The van der Waals surface area contributed by atoms with Gasteiger partial charge in [0.1, 0.15) is 23.2 Å². The number of hydrogen-bond donors (Lipinski definition) is 1. The molecule has 0 saturated carbocycles. The third-order valence-corrected chi connectivity index (χ3v) is 12.5. The van der Waals surface area contributed by atoms with E-state index in [-0.39, 0.29) is 5.91 Å². The van der Waals surface area contributed by atoms with Crippen LogP contribution in [0.1, 0.15) is 59.8 Å². The summed E-state index contributed by atoms with van der Waals surface area (Å²) in [6.45, 7) is 8.69. The Hall–Kier alpha value is -2.52. The molecule has 1 amide bonds. The lowest BCUT2D eigenvalue weighted by atomic mass is 9.75. The molecule has 5 heteroatoms. The van der Waals surface area contributed by atoms with Gasteiger partial charge in [-0.25, -0.2) is 0 Å². The van der Waals surface area contributed by atoms with Crippen molar-refractivity contribution in [3.8, 4) is 0 Å². The largest absolute Gasteiger partial charge is 0.356 e. The first kappa shape index (κ1) is 28.5. The smallest absolute Gasteiger partial charge is 0.220 e. The summed E-state index contributed by atoms with van der Waals surface area (Å²) < 4.78 is 0. The van der Waals surface area contributed by atoms with E-state index >= 15 is 0 Å². The van der Waals surface area contributed by atoms with Gasteiger partial charge in [-0.15, -0.1) is 10.3 Å². The summed E-state index contributed by atoms with van der Waals surface area (Å²) in [5.74, 6) is 0.440. The van der Waals surface area contributed by atoms with Crippen LogP contribution < -0.4 is 21.2 Å². The molecule has 1 fully saturated rings. The number of nitrogens with one attached hydrogen (secondary N) is 1. The van der Waals surface area contributed by atoms with Crippen molar-refractivity contribution >= 4 is 29.1 Å². The molecule has 1 radical (unpaired) electrons. The molecule has 0 unspecified atom stereocenters. The monoisotopic (exact) mass is 530 g/mol. The molecule has 3 aromatic carbocycles. The molecular weight excluding hydrogens is 487 g/mol. The average Bonchev–Trinajstić information content (AvgIpc) is 2.92. The Balaban J connectivity index is 1.42. The summed E-state index contributed by atoms with van der Waals surface area (Å²) in [6, 6.07) is 32.8. The van der Waals surface area contributed by atoms with E-state index in [1.807, 2.05) is 27.7 Å². The second kappa shape index (κ2) is 12.1. The van der Waals surface area contributed by atoms with Crippen LogP contribution in [0.25, 0.3) is 0 Å². The summed E-state index contributed by atoms with van der Waals surface area (Å²) >= 11 is 0. The van der Waals surface area contributed by atoms with Crippen LogP contribution in [0.5, 0.6) is 0 Å². The fourth-order valence-electron chi connectivity index (χ4n) is 6.48. The van der Waals surface area contributed by atoms with Crippen LogP contribution in [-0.2, 0) is 10.0 Å². The number of piperidine rings is 1. The first-order valence-electron chi connectivity index (χ1n) is 13.9. The fraction of sp³-hybridized carbons (Fsp3) is 0.424. The van der Waals surface area contributed by atoms with Gasteiger partial charge >= 0.3 is 0 Å². The molecule has 4 nitrogen and oxygen atoms in total. The van der Waals surface area contributed by atoms with Crippen LogP contribution in [-0.4, -0.2) is 34.8 Å². The lowest BCUT2D eigenvalue weighted by molar-refractivity contribution is -0.293. The van der Waals surface area contributed by atoms with Gasteiger partial charge in [-0.05, 0) is 95.7 Å². The highest BCUT2D eigenvalue weighted by molar-refractivity contribution is 7.95. The third-order valence-electron chi connectivity index (χ3n) is 8.00. The molecule has 0 aromatic heterocycles. The minimum Gasteiger partial charge on any atom is -0.356 e. The van der Waals surface area contributed by atoms with Gasteiger partial charge in [-0.3, -0.25) is 4.79 Å². The Bertz CT molecular complexity index is 1050. The average molecular weight is 531 g/mol. The predicted octanol–water partition coefficient (Wildman–Crippen LogP) is 5.88. The third kappa shape index (κ3) is 6.37. The summed E-state index contributed by atoms with van der Waals surface area (Å²) in [5, 5.41) is 21.2. The molecule has 0 atom stereocenters. The van der Waals surface area contributed by atoms with Crippen LogP contribution >= 0.6 is 7.26 Å². The summed E-state index contributed by atoms with van der Waals surface area (Å²) in [5.41, 5.74) is -0.813. The van der Waals surface area contributed by atoms with Crippen molar-refractivity contribution in [1.29, 1.82) is 0 Å². The number of carbonyl (C=O) groups excluding carboxylic acids is 1. The Kier molecular flexibility index (Phi) is 9.08. The second-order valence-corrected chi connectivity index (χ2v) is 15.6.